The Kier molecular flexibility index (Phi) is 4.37. The van der Waals surface area contributed by atoms with E-state index in [0.29, 0.717) is 0 Å². The fourth-order valence-corrected chi connectivity index (χ4v) is 1.20. The van der Waals surface area contributed by atoms with E-state index in [1.54, 1.807) is 11.1 Å². The molecule has 1 amide bonds. The van der Waals surface area contributed by atoms with Crippen LogP contribution in [-0.2, 0) is 4.79 Å². The Morgan fingerprint density at radius 1 is 1.33 bits per heavy atom. The highest BCUT2D eigenvalue weighted by Gasteiger charge is 1.96. The number of hydrogen-bond donors (Lipinski definition) is 1. The number of carbonyl (C=O) groups is 1. The molecule has 3 nitrogen and oxygen atoms in total. The molecule has 0 unspecified atom stereocenters. The van der Waals surface area contributed by atoms with Gasteiger partial charge in [-0.3, -0.25) is 4.79 Å². The first kappa shape index (κ1) is 11.8. The van der Waals surface area contributed by atoms with Crippen molar-refractivity contribution in [2.24, 2.45) is 0 Å². The van der Waals surface area contributed by atoms with Crippen LogP contribution in [0.2, 0.25) is 0 Å². The molecular weight excluding hydrogens is 256 g/mol. The van der Waals surface area contributed by atoms with E-state index in [4.69, 9.17) is 0 Å². The first-order valence-electron chi connectivity index (χ1n) is 4.49. The van der Waals surface area contributed by atoms with Gasteiger partial charge in [-0.1, -0.05) is 15.9 Å². The Morgan fingerprint density at radius 3 is 2.47 bits per heavy atom. The minimum atomic E-state index is -0.133. The molecule has 0 saturated heterocycles. The zero-order valence-electron chi connectivity index (χ0n) is 8.70. The van der Waals surface area contributed by atoms with Crippen LogP contribution in [0.15, 0.2) is 41.0 Å². The molecule has 0 aliphatic heterocycles. The zero-order chi connectivity index (χ0) is 11.3. The molecule has 0 saturated carbocycles. The van der Waals surface area contributed by atoms with Crippen molar-refractivity contribution in [1.82, 2.24) is 4.90 Å². The highest BCUT2D eigenvalue weighted by Crippen LogP contribution is 2.13. The van der Waals surface area contributed by atoms with Crippen LogP contribution in [-0.4, -0.2) is 24.9 Å². The van der Waals surface area contributed by atoms with E-state index in [9.17, 15) is 4.79 Å². The van der Waals surface area contributed by atoms with Gasteiger partial charge in [0, 0.05) is 36.5 Å². The first-order chi connectivity index (χ1) is 7.08. The number of nitrogens with zero attached hydrogens (tertiary/aromatic N) is 1. The summed E-state index contributed by atoms with van der Waals surface area (Å²) in [4.78, 5) is 13.2. The van der Waals surface area contributed by atoms with E-state index in [0.717, 1.165) is 10.2 Å². The molecule has 0 fully saturated rings. The molecule has 0 radical (unpaired) electrons. The standard InChI is InChI=1S/C11H13BrN2O/c1-14(2)8-7-11(15)13-10-5-3-9(12)4-6-10/h3-8H,1-2H3,(H,13,15)/b8-7+. The van der Waals surface area contributed by atoms with E-state index in [-0.39, 0.29) is 5.91 Å². The lowest BCUT2D eigenvalue weighted by Gasteiger charge is -2.04. The van der Waals surface area contributed by atoms with Crippen LogP contribution in [0.5, 0.6) is 0 Å². The van der Waals surface area contributed by atoms with E-state index in [1.807, 2.05) is 38.4 Å². The maximum atomic E-state index is 11.4. The Hall–Kier alpha value is -1.29. The molecule has 0 heterocycles. The Balaban J connectivity index is 2.55. The zero-order valence-corrected chi connectivity index (χ0v) is 10.3. The topological polar surface area (TPSA) is 32.3 Å². The van der Waals surface area contributed by atoms with Crippen LogP contribution >= 0.6 is 15.9 Å². The smallest absolute Gasteiger partial charge is 0.249 e. The number of halogens is 1. The monoisotopic (exact) mass is 268 g/mol. The van der Waals surface area contributed by atoms with Gasteiger partial charge in [0.25, 0.3) is 0 Å². The molecule has 0 bridgehead atoms. The van der Waals surface area contributed by atoms with Gasteiger partial charge in [-0.15, -0.1) is 0 Å². The molecule has 0 aromatic heterocycles. The molecule has 0 aliphatic rings. The largest absolute Gasteiger partial charge is 0.383 e. The Bertz CT molecular complexity index is 357. The van der Waals surface area contributed by atoms with Gasteiger partial charge in [0.15, 0.2) is 0 Å². The molecule has 0 aliphatic carbocycles. The van der Waals surface area contributed by atoms with Crippen molar-refractivity contribution in [3.05, 3.63) is 41.0 Å². The predicted octanol–water partition coefficient (Wildman–Crippen LogP) is 2.46. The van der Waals surface area contributed by atoms with Gasteiger partial charge in [-0.25, -0.2) is 0 Å². The highest BCUT2D eigenvalue weighted by molar-refractivity contribution is 9.10. The van der Waals surface area contributed by atoms with Gasteiger partial charge in [-0.05, 0) is 24.3 Å². The number of rotatable bonds is 3. The van der Waals surface area contributed by atoms with Gasteiger partial charge in [-0.2, -0.15) is 0 Å². The number of carbonyl (C=O) groups excluding carboxylic acids is 1. The number of hydrogen-bond acceptors (Lipinski definition) is 2. The van der Waals surface area contributed by atoms with Crippen molar-refractivity contribution in [1.29, 1.82) is 0 Å². The van der Waals surface area contributed by atoms with E-state index >= 15 is 0 Å². The summed E-state index contributed by atoms with van der Waals surface area (Å²) in [6, 6.07) is 7.44. The van der Waals surface area contributed by atoms with Gasteiger partial charge in [0.2, 0.25) is 5.91 Å². The number of anilines is 1. The van der Waals surface area contributed by atoms with Crippen LogP contribution in [0, 0.1) is 0 Å². The lowest BCUT2D eigenvalue weighted by atomic mass is 10.3. The summed E-state index contributed by atoms with van der Waals surface area (Å²) >= 11 is 3.33. The first-order valence-corrected chi connectivity index (χ1v) is 5.28. The Morgan fingerprint density at radius 2 is 1.93 bits per heavy atom. The quantitative estimate of drug-likeness (QED) is 0.855. The molecule has 1 rings (SSSR count). The third-order valence-corrected chi connectivity index (χ3v) is 2.16. The summed E-state index contributed by atoms with van der Waals surface area (Å²) < 4.78 is 0.990. The van der Waals surface area contributed by atoms with Crippen LogP contribution in [0.3, 0.4) is 0 Å². The lowest BCUT2D eigenvalue weighted by molar-refractivity contribution is -0.112. The van der Waals surface area contributed by atoms with Crippen molar-refractivity contribution in [3.63, 3.8) is 0 Å². The maximum absolute atomic E-state index is 11.4. The van der Waals surface area contributed by atoms with Gasteiger partial charge in [0.05, 0.1) is 0 Å². The van der Waals surface area contributed by atoms with E-state index < -0.39 is 0 Å². The second kappa shape index (κ2) is 5.56. The number of benzene rings is 1. The van der Waals surface area contributed by atoms with Crippen molar-refractivity contribution in [3.8, 4) is 0 Å². The molecule has 0 spiro atoms. The van der Waals surface area contributed by atoms with Gasteiger partial charge < -0.3 is 10.2 Å². The Labute approximate surface area is 97.9 Å². The summed E-state index contributed by atoms with van der Waals surface area (Å²) in [7, 11) is 3.73. The predicted molar refractivity (Wildman–Crippen MR) is 65.6 cm³/mol. The van der Waals surface area contributed by atoms with Crippen LogP contribution in [0.4, 0.5) is 5.69 Å². The summed E-state index contributed by atoms with van der Waals surface area (Å²) in [5.41, 5.74) is 0.784. The summed E-state index contributed by atoms with van der Waals surface area (Å²) in [6.07, 6.45) is 3.19. The average molecular weight is 269 g/mol. The molecule has 15 heavy (non-hydrogen) atoms. The van der Waals surface area contributed by atoms with Crippen LogP contribution in [0.25, 0.3) is 0 Å². The minimum Gasteiger partial charge on any atom is -0.383 e. The summed E-state index contributed by atoms with van der Waals surface area (Å²) in [5.74, 6) is -0.133. The normalized spacial score (nSPS) is 10.3. The molecule has 1 N–H and O–H groups in total. The molecule has 80 valence electrons. The average Bonchev–Trinajstić information content (AvgIpc) is 2.19. The van der Waals surface area contributed by atoms with Crippen molar-refractivity contribution in [2.75, 3.05) is 19.4 Å². The third kappa shape index (κ3) is 4.65. The third-order valence-electron chi connectivity index (χ3n) is 1.64. The second-order valence-corrected chi connectivity index (χ2v) is 4.19. The molecule has 1 aromatic rings. The second-order valence-electron chi connectivity index (χ2n) is 3.28. The van der Waals surface area contributed by atoms with Crippen molar-refractivity contribution < 1.29 is 4.79 Å². The lowest BCUT2D eigenvalue weighted by Crippen LogP contribution is -2.10. The fourth-order valence-electron chi connectivity index (χ4n) is 0.934. The minimum absolute atomic E-state index is 0.133. The number of amides is 1. The SMILES string of the molecule is CN(C)/C=C/C(=O)Nc1ccc(Br)cc1. The van der Waals surface area contributed by atoms with Crippen molar-refractivity contribution >= 4 is 27.5 Å². The van der Waals surface area contributed by atoms with E-state index in [2.05, 4.69) is 21.2 Å². The highest BCUT2D eigenvalue weighted by atomic mass is 79.9. The maximum Gasteiger partial charge on any atom is 0.249 e. The van der Waals surface area contributed by atoms with Gasteiger partial charge >= 0.3 is 0 Å². The summed E-state index contributed by atoms with van der Waals surface area (Å²) in [5, 5.41) is 2.75. The molecular formula is C11H13BrN2O. The van der Waals surface area contributed by atoms with E-state index in [1.165, 1.54) is 6.08 Å². The van der Waals surface area contributed by atoms with Crippen LogP contribution in [0.1, 0.15) is 0 Å². The van der Waals surface area contributed by atoms with Crippen molar-refractivity contribution in [2.45, 2.75) is 0 Å². The fraction of sp³-hybridized carbons (Fsp3) is 0.182. The summed E-state index contributed by atoms with van der Waals surface area (Å²) in [6.45, 7) is 0. The molecule has 1 aromatic carbocycles. The number of nitrogens with one attached hydrogen (secondary N) is 1. The molecule has 0 atom stereocenters. The van der Waals surface area contributed by atoms with Crippen LogP contribution < -0.4 is 5.32 Å². The van der Waals surface area contributed by atoms with Gasteiger partial charge in [0.1, 0.15) is 0 Å². The molecule has 4 heteroatoms.